The third-order valence-corrected chi connectivity index (χ3v) is 5.69. The van der Waals surface area contributed by atoms with Crippen molar-refractivity contribution in [3.63, 3.8) is 0 Å². The van der Waals surface area contributed by atoms with Gasteiger partial charge in [-0.25, -0.2) is 4.79 Å². The molecule has 8 heteroatoms. The second kappa shape index (κ2) is 9.37. The number of benzene rings is 1. The quantitative estimate of drug-likeness (QED) is 0.601. The molecule has 1 aliphatic rings. The summed E-state index contributed by atoms with van der Waals surface area (Å²) < 4.78 is 7.18. The number of carbonyl (C=O) groups excluding carboxylic acids is 1. The van der Waals surface area contributed by atoms with Crippen LogP contribution in [0.2, 0.25) is 0 Å². The molecule has 1 fully saturated rings. The second-order valence-electron chi connectivity index (χ2n) is 8.24. The van der Waals surface area contributed by atoms with Crippen molar-refractivity contribution in [2.45, 2.75) is 39.5 Å². The highest BCUT2D eigenvalue weighted by atomic mass is 32.1. The zero-order valence-corrected chi connectivity index (χ0v) is 18.6. The van der Waals surface area contributed by atoms with E-state index in [1.54, 1.807) is 20.8 Å². The molecule has 0 saturated carbocycles. The van der Waals surface area contributed by atoms with Crippen molar-refractivity contribution in [1.82, 2.24) is 14.4 Å². The minimum absolute atomic E-state index is 0.246. The number of thiazole rings is 1. The molecule has 0 aliphatic carbocycles. The van der Waals surface area contributed by atoms with Crippen LogP contribution >= 0.6 is 11.3 Å². The van der Waals surface area contributed by atoms with Gasteiger partial charge < -0.3 is 15.4 Å². The molecule has 160 valence electrons. The molecular formula is C22H29N5O2S. The van der Waals surface area contributed by atoms with Gasteiger partial charge in [-0.05, 0) is 32.4 Å². The van der Waals surface area contributed by atoms with Gasteiger partial charge in [0.25, 0.3) is 0 Å². The first-order valence-electron chi connectivity index (χ1n) is 9.97. The Balaban J connectivity index is 1.61. The number of terminal acetylenes is 1. The molecule has 1 aromatic carbocycles. The number of nitrogens with zero attached hydrogens (tertiary/aromatic N) is 4. The average molecular weight is 428 g/mol. The fourth-order valence-electron chi connectivity index (χ4n) is 3.13. The zero-order chi connectivity index (χ0) is 21.7. The number of rotatable bonds is 4. The summed E-state index contributed by atoms with van der Waals surface area (Å²) in [5.74, 6) is 0. The normalized spacial score (nSPS) is 15.8. The van der Waals surface area contributed by atoms with Crippen LogP contribution in [-0.4, -0.2) is 52.2 Å². The number of nitrogens with two attached hydrogens (primary N) is 1. The van der Waals surface area contributed by atoms with Crippen LogP contribution in [0.25, 0.3) is 0 Å². The Labute approximate surface area is 181 Å². The number of piperazine rings is 1. The topological polar surface area (TPSA) is 76.1 Å². The van der Waals surface area contributed by atoms with E-state index < -0.39 is 5.60 Å². The van der Waals surface area contributed by atoms with Crippen molar-refractivity contribution < 1.29 is 9.53 Å². The third kappa shape index (κ3) is 5.88. The average Bonchev–Trinajstić information content (AvgIpc) is 3.08. The summed E-state index contributed by atoms with van der Waals surface area (Å²) in [4.78, 5) is 22.9. The Kier molecular flexibility index (Phi) is 6.85. The van der Waals surface area contributed by atoms with Crippen LogP contribution in [-0.2, 0) is 17.8 Å². The van der Waals surface area contributed by atoms with Gasteiger partial charge in [0.15, 0.2) is 4.80 Å². The van der Waals surface area contributed by atoms with E-state index in [1.807, 2.05) is 51.2 Å². The first-order chi connectivity index (χ1) is 14.2. The van der Waals surface area contributed by atoms with Crippen LogP contribution < -0.4 is 10.5 Å². The van der Waals surface area contributed by atoms with Crippen LogP contribution in [0.4, 0.5) is 10.5 Å². The van der Waals surface area contributed by atoms with E-state index in [1.165, 1.54) is 0 Å². The molecule has 30 heavy (non-hydrogen) atoms. The Bertz CT molecular complexity index is 988. The van der Waals surface area contributed by atoms with Crippen LogP contribution in [0, 0.1) is 12.5 Å². The van der Waals surface area contributed by atoms with Crippen molar-refractivity contribution in [2.24, 2.45) is 4.99 Å². The standard InChI is InChI=1S/C22H29N5O2S/c1-5-26-16-18(30-20(26)24-14-17-8-6-7-9-19(17)23)15-25-10-12-27(13-11-25)21(28)29-22(2,3)4/h1,6-9,16H,10-15,23H2,2-4H3. The van der Waals surface area contributed by atoms with Crippen molar-refractivity contribution in [1.29, 1.82) is 0 Å². The van der Waals surface area contributed by atoms with E-state index in [2.05, 4.69) is 15.9 Å². The molecule has 2 heterocycles. The van der Waals surface area contributed by atoms with E-state index in [0.717, 1.165) is 40.6 Å². The molecule has 2 aromatic rings. The molecule has 2 N–H and O–H groups in total. The summed E-state index contributed by atoms with van der Waals surface area (Å²) in [7, 11) is 0. The molecule has 7 nitrogen and oxygen atoms in total. The molecule has 3 rings (SSSR count). The highest BCUT2D eigenvalue weighted by molar-refractivity contribution is 7.09. The van der Waals surface area contributed by atoms with Crippen molar-refractivity contribution >= 4 is 23.1 Å². The lowest BCUT2D eigenvalue weighted by molar-refractivity contribution is 0.0139. The van der Waals surface area contributed by atoms with Gasteiger partial charge in [0.05, 0.1) is 6.54 Å². The molecular weight excluding hydrogens is 398 g/mol. The Hall–Kier alpha value is -2.76. The minimum atomic E-state index is -0.474. The minimum Gasteiger partial charge on any atom is -0.444 e. The van der Waals surface area contributed by atoms with E-state index in [9.17, 15) is 4.79 Å². The van der Waals surface area contributed by atoms with Crippen LogP contribution in [0.3, 0.4) is 0 Å². The summed E-state index contributed by atoms with van der Waals surface area (Å²) >= 11 is 1.58. The lowest BCUT2D eigenvalue weighted by atomic mass is 10.2. The number of ether oxygens (including phenoxy) is 1. The van der Waals surface area contributed by atoms with E-state index >= 15 is 0 Å². The van der Waals surface area contributed by atoms with Crippen LogP contribution in [0.1, 0.15) is 31.2 Å². The van der Waals surface area contributed by atoms with Gasteiger partial charge in [-0.3, -0.25) is 14.5 Å². The first-order valence-corrected chi connectivity index (χ1v) is 10.8. The third-order valence-electron chi connectivity index (χ3n) is 4.68. The van der Waals surface area contributed by atoms with Crippen LogP contribution in [0.15, 0.2) is 35.5 Å². The van der Waals surface area contributed by atoms with Gasteiger partial charge in [-0.15, -0.1) is 0 Å². The molecule has 1 saturated heterocycles. The number of carbonyl (C=O) groups is 1. The van der Waals surface area contributed by atoms with Gasteiger partial charge >= 0.3 is 6.09 Å². The van der Waals surface area contributed by atoms with E-state index in [4.69, 9.17) is 16.9 Å². The summed E-state index contributed by atoms with van der Waals surface area (Å²) in [6.45, 7) is 9.80. The molecule has 1 aromatic heterocycles. The fraction of sp³-hybridized carbons (Fsp3) is 0.455. The van der Waals surface area contributed by atoms with Crippen molar-refractivity contribution in [3.05, 3.63) is 45.7 Å². The monoisotopic (exact) mass is 427 g/mol. The summed E-state index contributed by atoms with van der Waals surface area (Å²) in [6, 6.07) is 10.4. The SMILES string of the molecule is C#Cn1cc(CN2CCN(C(=O)OC(C)(C)C)CC2)sc1=NCc1ccccc1N. The lowest BCUT2D eigenvalue weighted by Gasteiger charge is -2.35. The molecule has 0 atom stereocenters. The van der Waals surface area contributed by atoms with Gasteiger partial charge in [-0.2, -0.15) is 0 Å². The summed E-state index contributed by atoms with van der Waals surface area (Å²) in [6.07, 6.45) is 7.37. The Morgan fingerprint density at radius 3 is 2.60 bits per heavy atom. The van der Waals surface area contributed by atoms with E-state index in [0.29, 0.717) is 19.6 Å². The predicted molar refractivity (Wildman–Crippen MR) is 120 cm³/mol. The second-order valence-corrected chi connectivity index (χ2v) is 9.33. The summed E-state index contributed by atoms with van der Waals surface area (Å²) in [5.41, 5.74) is 7.24. The van der Waals surface area contributed by atoms with Crippen molar-refractivity contribution in [2.75, 3.05) is 31.9 Å². The molecule has 0 bridgehead atoms. The maximum absolute atomic E-state index is 12.2. The zero-order valence-electron chi connectivity index (χ0n) is 17.8. The molecule has 0 spiro atoms. The van der Waals surface area contributed by atoms with Gasteiger partial charge in [0, 0.05) is 55.5 Å². The van der Waals surface area contributed by atoms with Gasteiger partial charge in [0.2, 0.25) is 0 Å². The maximum Gasteiger partial charge on any atom is 0.410 e. The number of hydrogen-bond donors (Lipinski definition) is 1. The molecule has 0 unspecified atom stereocenters. The van der Waals surface area contributed by atoms with Crippen LogP contribution in [0.5, 0.6) is 0 Å². The maximum atomic E-state index is 12.2. The van der Waals surface area contributed by atoms with Crippen molar-refractivity contribution in [3.8, 4) is 12.5 Å². The van der Waals surface area contributed by atoms with Gasteiger partial charge in [0.1, 0.15) is 5.60 Å². The fourth-order valence-corrected chi connectivity index (χ4v) is 4.11. The largest absolute Gasteiger partial charge is 0.444 e. The number of aromatic nitrogens is 1. The summed E-state index contributed by atoms with van der Waals surface area (Å²) in [5, 5.41) is 0. The Morgan fingerprint density at radius 2 is 1.97 bits per heavy atom. The number of hydrogen-bond acceptors (Lipinski definition) is 6. The number of nitrogen functional groups attached to an aromatic ring is 1. The predicted octanol–water partition coefficient (Wildman–Crippen LogP) is 2.72. The molecule has 1 amide bonds. The van der Waals surface area contributed by atoms with E-state index in [-0.39, 0.29) is 6.09 Å². The number of para-hydroxylation sites is 1. The molecule has 1 aliphatic heterocycles. The van der Waals surface area contributed by atoms with Gasteiger partial charge in [-0.1, -0.05) is 36.0 Å². The smallest absolute Gasteiger partial charge is 0.410 e. The lowest BCUT2D eigenvalue weighted by Crippen LogP contribution is -2.49. The highest BCUT2D eigenvalue weighted by Crippen LogP contribution is 2.15. The number of anilines is 1. The Morgan fingerprint density at radius 1 is 1.27 bits per heavy atom. The first kappa shape index (κ1) is 21.9. The highest BCUT2D eigenvalue weighted by Gasteiger charge is 2.26. The molecule has 0 radical (unpaired) electrons. The number of amides is 1.